The third-order valence-electron chi connectivity index (χ3n) is 1.76. The van der Waals surface area contributed by atoms with Gasteiger partial charge in [-0.2, -0.15) is 0 Å². The molecule has 0 aliphatic rings. The van der Waals surface area contributed by atoms with Gasteiger partial charge in [-0.3, -0.25) is 4.67 Å². The first-order valence-electron chi connectivity index (χ1n) is 3.68. The van der Waals surface area contributed by atoms with Gasteiger partial charge in [0.25, 0.3) is 0 Å². The van der Waals surface area contributed by atoms with E-state index >= 15 is 0 Å². The maximum absolute atomic E-state index is 9.11. The molecule has 0 rings (SSSR count). The zero-order valence-corrected chi connectivity index (χ0v) is 8.20. The molecule has 0 heterocycles. The fraction of sp³-hybridized carbons (Fsp3) is 1.00. The lowest BCUT2D eigenvalue weighted by Gasteiger charge is -2.16. The highest BCUT2D eigenvalue weighted by Gasteiger charge is 2.07. The summed E-state index contributed by atoms with van der Waals surface area (Å²) in [6.45, 7) is 4.93. The minimum Gasteiger partial charge on any atom is -0.393 e. The number of hydrogen-bond acceptors (Lipinski definition) is 2. The van der Waals surface area contributed by atoms with E-state index in [-0.39, 0.29) is 6.10 Å². The average molecular weight is 163 g/mol. The molecule has 0 saturated carbocycles. The molecular weight excluding hydrogens is 145 g/mol. The van der Waals surface area contributed by atoms with Crippen molar-refractivity contribution >= 4 is 9.39 Å². The highest BCUT2D eigenvalue weighted by molar-refractivity contribution is 7.13. The summed E-state index contributed by atoms with van der Waals surface area (Å²) in [4.78, 5) is 0. The van der Waals surface area contributed by atoms with Gasteiger partial charge < -0.3 is 5.11 Å². The summed E-state index contributed by atoms with van der Waals surface area (Å²) in [6.07, 6.45) is 0.877. The van der Waals surface area contributed by atoms with E-state index < -0.39 is 0 Å². The van der Waals surface area contributed by atoms with Crippen LogP contribution < -0.4 is 0 Å². The van der Waals surface area contributed by atoms with E-state index in [0.717, 1.165) is 13.0 Å². The second-order valence-corrected chi connectivity index (χ2v) is 3.87. The molecular formula is C7H18NOP. The minimum absolute atomic E-state index is 0.176. The van der Waals surface area contributed by atoms with Crippen LogP contribution in [-0.2, 0) is 0 Å². The molecule has 0 radical (unpaired) electrons. The van der Waals surface area contributed by atoms with Gasteiger partial charge in [-0.05, 0) is 26.3 Å². The van der Waals surface area contributed by atoms with Gasteiger partial charge in [-0.15, -0.1) is 0 Å². The number of rotatable bonds is 4. The molecule has 0 spiro atoms. The van der Waals surface area contributed by atoms with Crippen molar-refractivity contribution in [2.45, 2.75) is 26.4 Å². The van der Waals surface area contributed by atoms with Gasteiger partial charge in [-0.25, -0.2) is 0 Å². The lowest BCUT2D eigenvalue weighted by atomic mass is 10.0. The highest BCUT2D eigenvalue weighted by Crippen LogP contribution is 2.08. The quantitative estimate of drug-likeness (QED) is 0.628. The first-order valence-corrected chi connectivity index (χ1v) is 4.19. The van der Waals surface area contributed by atoms with Crippen LogP contribution in [0.5, 0.6) is 0 Å². The van der Waals surface area contributed by atoms with Gasteiger partial charge >= 0.3 is 0 Å². The third-order valence-corrected chi connectivity index (χ3v) is 2.02. The SMILES string of the molecule is C[C@H](O)[C@H](C)CCN(C)P. The summed E-state index contributed by atoms with van der Waals surface area (Å²) in [5, 5.41) is 9.11. The van der Waals surface area contributed by atoms with Crippen molar-refractivity contribution < 1.29 is 5.11 Å². The first-order chi connectivity index (χ1) is 4.54. The molecule has 0 aliphatic heterocycles. The van der Waals surface area contributed by atoms with Gasteiger partial charge in [0.1, 0.15) is 0 Å². The smallest absolute Gasteiger partial charge is 0.0538 e. The van der Waals surface area contributed by atoms with E-state index in [4.69, 9.17) is 5.11 Å². The Balaban J connectivity index is 3.30. The van der Waals surface area contributed by atoms with Gasteiger partial charge in [0.2, 0.25) is 0 Å². The first kappa shape index (κ1) is 10.3. The molecule has 3 atom stereocenters. The minimum atomic E-state index is -0.176. The van der Waals surface area contributed by atoms with Crippen molar-refractivity contribution in [2.24, 2.45) is 5.92 Å². The van der Waals surface area contributed by atoms with Crippen LogP contribution in [0.25, 0.3) is 0 Å². The zero-order chi connectivity index (χ0) is 8.15. The second-order valence-electron chi connectivity index (χ2n) is 2.99. The predicted octanol–water partition coefficient (Wildman–Crippen LogP) is 1.12. The summed E-state index contributed by atoms with van der Waals surface area (Å²) in [5.41, 5.74) is 0. The van der Waals surface area contributed by atoms with E-state index in [9.17, 15) is 0 Å². The molecule has 1 N–H and O–H groups in total. The van der Waals surface area contributed by atoms with Crippen molar-refractivity contribution in [2.75, 3.05) is 13.6 Å². The van der Waals surface area contributed by atoms with Crippen LogP contribution >= 0.6 is 9.39 Å². The number of nitrogens with zero attached hydrogens (tertiary/aromatic N) is 1. The van der Waals surface area contributed by atoms with Crippen molar-refractivity contribution in [1.82, 2.24) is 4.67 Å². The molecule has 0 bridgehead atoms. The highest BCUT2D eigenvalue weighted by atomic mass is 31.0. The zero-order valence-electron chi connectivity index (χ0n) is 7.04. The Kier molecular flexibility index (Phi) is 5.24. The summed E-state index contributed by atoms with van der Waals surface area (Å²) in [7, 11) is 4.62. The lowest BCUT2D eigenvalue weighted by molar-refractivity contribution is 0.127. The van der Waals surface area contributed by atoms with Gasteiger partial charge in [0.05, 0.1) is 6.10 Å². The van der Waals surface area contributed by atoms with E-state index in [2.05, 4.69) is 21.0 Å². The molecule has 0 aromatic carbocycles. The van der Waals surface area contributed by atoms with Crippen LogP contribution in [0.2, 0.25) is 0 Å². The van der Waals surface area contributed by atoms with Crippen LogP contribution in [-0.4, -0.2) is 29.5 Å². The van der Waals surface area contributed by atoms with Crippen LogP contribution in [0, 0.1) is 5.92 Å². The molecule has 0 fully saturated rings. The third kappa shape index (κ3) is 5.16. The topological polar surface area (TPSA) is 23.5 Å². The summed E-state index contributed by atoms with van der Waals surface area (Å²) >= 11 is 0. The van der Waals surface area contributed by atoms with Crippen molar-refractivity contribution in [3.63, 3.8) is 0 Å². The molecule has 0 saturated heterocycles. The Morgan fingerprint density at radius 3 is 2.30 bits per heavy atom. The molecule has 0 aromatic rings. The molecule has 0 aromatic heterocycles. The maximum Gasteiger partial charge on any atom is 0.0538 e. The van der Waals surface area contributed by atoms with Crippen LogP contribution in [0.1, 0.15) is 20.3 Å². The number of aliphatic hydroxyl groups is 1. The van der Waals surface area contributed by atoms with Crippen LogP contribution in [0.4, 0.5) is 0 Å². The standard InChI is InChI=1S/C7H18NOP/c1-6(7(2)9)4-5-8(3)10/h6-7,9H,4-5,10H2,1-3H3/t6-,7+/m1/s1. The van der Waals surface area contributed by atoms with E-state index in [1.165, 1.54) is 0 Å². The average Bonchev–Trinajstić information content (AvgIpc) is 1.82. The van der Waals surface area contributed by atoms with Crippen LogP contribution in [0.3, 0.4) is 0 Å². The fourth-order valence-electron chi connectivity index (χ4n) is 0.648. The molecule has 1 unspecified atom stereocenters. The van der Waals surface area contributed by atoms with Gasteiger partial charge in [-0.1, -0.05) is 16.3 Å². The molecule has 2 nitrogen and oxygen atoms in total. The second kappa shape index (κ2) is 5.06. The molecule has 10 heavy (non-hydrogen) atoms. The largest absolute Gasteiger partial charge is 0.393 e. The van der Waals surface area contributed by atoms with E-state index in [1.54, 1.807) is 0 Å². The van der Waals surface area contributed by atoms with Crippen molar-refractivity contribution in [1.29, 1.82) is 0 Å². The van der Waals surface area contributed by atoms with E-state index in [1.807, 2.05) is 14.0 Å². The van der Waals surface area contributed by atoms with Crippen LogP contribution in [0.15, 0.2) is 0 Å². The monoisotopic (exact) mass is 163 g/mol. The Morgan fingerprint density at radius 2 is 2.00 bits per heavy atom. The summed E-state index contributed by atoms with van der Waals surface area (Å²) < 4.78 is 2.05. The van der Waals surface area contributed by atoms with E-state index in [0.29, 0.717) is 5.92 Å². The van der Waals surface area contributed by atoms with Gasteiger partial charge in [0, 0.05) is 6.54 Å². The number of hydrogen-bond donors (Lipinski definition) is 1. The Morgan fingerprint density at radius 1 is 1.50 bits per heavy atom. The molecule has 3 heteroatoms. The molecule has 62 valence electrons. The Labute approximate surface area is 65.9 Å². The van der Waals surface area contributed by atoms with Gasteiger partial charge in [0.15, 0.2) is 0 Å². The van der Waals surface area contributed by atoms with Crippen molar-refractivity contribution in [3.8, 4) is 0 Å². The lowest BCUT2D eigenvalue weighted by Crippen LogP contribution is -2.18. The fourth-order valence-corrected chi connectivity index (χ4v) is 0.798. The maximum atomic E-state index is 9.11. The molecule has 0 amide bonds. The normalized spacial score (nSPS) is 17.4. The predicted molar refractivity (Wildman–Crippen MR) is 47.8 cm³/mol. The Bertz CT molecular complexity index is 85.7. The molecule has 0 aliphatic carbocycles. The summed E-state index contributed by atoms with van der Waals surface area (Å²) in [5.74, 6) is 0.406. The number of aliphatic hydroxyl groups excluding tert-OH is 1. The Hall–Kier alpha value is 0.350. The van der Waals surface area contributed by atoms with Crippen molar-refractivity contribution in [3.05, 3.63) is 0 Å². The summed E-state index contributed by atoms with van der Waals surface area (Å²) in [6, 6.07) is 0.